The second-order valence-corrected chi connectivity index (χ2v) is 32.0. The van der Waals surface area contributed by atoms with Crippen molar-refractivity contribution < 1.29 is 105 Å². The summed E-state index contributed by atoms with van der Waals surface area (Å²) in [6.45, 7) is 53.5. The smallest absolute Gasteiger partial charge is 0.335 e. The molecule has 2 rings (SSSR count). The van der Waals surface area contributed by atoms with E-state index in [1.165, 1.54) is 26.3 Å². The van der Waals surface area contributed by atoms with E-state index in [0.717, 1.165) is 50.5 Å². The summed E-state index contributed by atoms with van der Waals surface area (Å²) in [4.78, 5) is 108. The van der Waals surface area contributed by atoms with Crippen LogP contribution < -0.4 is 16.4 Å². The number of aliphatic hydroxyl groups is 2. The molecule has 0 aliphatic carbocycles. The predicted octanol–water partition coefficient (Wildman–Crippen LogP) is 15.1. The number of carbonyl (C=O) groups is 10. The minimum absolute atomic E-state index is 0.0162. The average Bonchev–Trinajstić information content (AvgIpc) is 0.820. The SMILES string of the molecule is CCC(C)(C)C(=O)NC(C)(C)S(=O)(=O)O.CCC(C)(C)C(=O)O.CCC(C)(C)C(=O)OCCO.CCC(C)(C)C(=O)OCCOC(=O)CC(C)=O.CCC(C)(C)C(=O)OCc1ccccc1.CCC(C)(C)C(N)=O.CCC(C)O.CCC(C)c1ccc(C(=O)O)cc1.CCCOC(=O)C(C)(C)CC.CNC. The van der Waals surface area contributed by atoms with Gasteiger partial charge in [0.1, 0.15) is 38.6 Å². The number of nitrogens with two attached hydrogens (primary N) is 1. The normalized spacial score (nSPS) is 11.7. The number of carboxylic acid groups (broad SMARTS) is 2. The summed E-state index contributed by atoms with van der Waals surface area (Å²) < 4.78 is 55.5. The van der Waals surface area contributed by atoms with Gasteiger partial charge in [0.2, 0.25) is 11.8 Å². The van der Waals surface area contributed by atoms with E-state index < -0.39 is 60.5 Å². The standard InChI is InChI=1S/C13H18O2.C12H20O5.C11H14O2.C9H19NO4S.C9H18O2.C8H16O3.C6H13NO.C6H12O2.C4H10O.C2H7N/c1-4-13(2,3)12(14)15-10-11-8-6-5-7-9-11;1-5-12(3,4)11(15)17-7-6-16-10(14)8-9(2)13;1-3-8(2)9-4-6-10(7-5-9)11(12)13;1-6-8(2,3)7(11)10-9(4,5)15(12,13)14;1-5-7-11-8(10)9(3,4)6-2;1-4-8(2,3)7(10)11-6-5-9;2*1-4-6(2,3)5(7)8;1-3-4(2)5;1-3-2/h5-9H,4,10H2,1-3H3;5-8H2,1-4H3;4-8H,3H2,1-2H3,(H,12,13);6H2,1-5H3,(H,10,11)(H,12,13,14);5-7H2,1-4H3;9H,4-6H2,1-3H3;4H2,1-3H3,(H2,7,8);4H2,1-3H3,(H,7,8);4-5H,3H2,1-2H3;3H,1-2H3. The van der Waals surface area contributed by atoms with Crippen LogP contribution in [0.3, 0.4) is 0 Å². The van der Waals surface area contributed by atoms with Gasteiger partial charge < -0.3 is 60.5 Å². The zero-order valence-corrected chi connectivity index (χ0v) is 71.9. The van der Waals surface area contributed by atoms with E-state index >= 15 is 0 Å². The minimum atomic E-state index is -4.30. The van der Waals surface area contributed by atoms with Crippen LogP contribution in [0.15, 0.2) is 54.6 Å². The van der Waals surface area contributed by atoms with Crippen LogP contribution in [0, 0.1) is 37.9 Å². The Hall–Kier alpha value is -6.87. The number of primary amides is 1. The highest BCUT2D eigenvalue weighted by Crippen LogP contribution is 2.26. The number of ketones is 1. The van der Waals surface area contributed by atoms with E-state index in [9.17, 15) is 56.4 Å². The lowest BCUT2D eigenvalue weighted by Gasteiger charge is -2.29. The largest absolute Gasteiger partial charge is 0.481 e. The van der Waals surface area contributed by atoms with Gasteiger partial charge in [-0.15, -0.1) is 0 Å². The van der Waals surface area contributed by atoms with Gasteiger partial charge in [0.15, 0.2) is 4.87 Å². The van der Waals surface area contributed by atoms with Crippen LogP contribution in [-0.4, -0.2) is 151 Å². The van der Waals surface area contributed by atoms with E-state index in [2.05, 4.69) is 24.5 Å². The van der Waals surface area contributed by atoms with Gasteiger partial charge in [-0.25, -0.2) is 4.79 Å². The molecule has 620 valence electrons. The minimum Gasteiger partial charge on any atom is -0.481 e. The Balaban J connectivity index is -0.000000172. The summed E-state index contributed by atoms with van der Waals surface area (Å²) >= 11 is 0. The maximum Gasteiger partial charge on any atom is 0.335 e. The number of aromatic carboxylic acids is 1. The van der Waals surface area contributed by atoms with E-state index in [-0.39, 0.29) is 90.8 Å². The topological polar surface area (TPSA) is 402 Å². The zero-order valence-electron chi connectivity index (χ0n) is 71.0. The van der Waals surface area contributed by atoms with Crippen molar-refractivity contribution in [3.63, 3.8) is 0 Å². The number of aliphatic carboxylic acids is 1. The third-order valence-electron chi connectivity index (χ3n) is 17.2. The summed E-state index contributed by atoms with van der Waals surface area (Å²) in [7, 11) is -0.548. The Morgan fingerprint density at radius 1 is 0.491 bits per heavy atom. The van der Waals surface area contributed by atoms with E-state index in [1.807, 2.05) is 174 Å². The predicted molar refractivity (Wildman–Crippen MR) is 421 cm³/mol. The maximum atomic E-state index is 11.7. The molecule has 0 saturated carbocycles. The van der Waals surface area contributed by atoms with Gasteiger partial charge in [-0.3, -0.25) is 47.7 Å². The first kappa shape index (κ1) is 115. The van der Waals surface area contributed by atoms with Crippen LogP contribution in [0.1, 0.15) is 299 Å². The Morgan fingerprint density at radius 3 is 1.09 bits per heavy atom. The summed E-state index contributed by atoms with van der Waals surface area (Å²) in [5.74, 6) is -3.32. The number of aliphatic hydroxyl groups excluding tert-OH is 2. The number of carbonyl (C=O) groups excluding carboxylic acids is 8. The number of benzene rings is 2. The number of carboxylic acids is 2. The number of amides is 2. The Labute approximate surface area is 639 Å². The highest BCUT2D eigenvalue weighted by Gasteiger charge is 2.38. The number of hydrogen-bond donors (Lipinski definition) is 8. The molecule has 9 N–H and O–H groups in total. The summed E-state index contributed by atoms with van der Waals surface area (Å²) in [6.07, 6.45) is 7.59. The van der Waals surface area contributed by atoms with Gasteiger partial charge in [0.25, 0.3) is 10.1 Å². The van der Waals surface area contributed by atoms with E-state index in [0.29, 0.717) is 44.0 Å². The van der Waals surface area contributed by atoms with Gasteiger partial charge >= 0.3 is 41.8 Å². The lowest BCUT2D eigenvalue weighted by Crippen LogP contribution is -2.53. The van der Waals surface area contributed by atoms with Crippen molar-refractivity contribution in [1.29, 1.82) is 0 Å². The molecule has 0 spiro atoms. The van der Waals surface area contributed by atoms with Gasteiger partial charge in [-0.2, -0.15) is 8.42 Å². The van der Waals surface area contributed by atoms with E-state index in [1.54, 1.807) is 60.6 Å². The molecule has 0 aliphatic rings. The number of esters is 5. The van der Waals surface area contributed by atoms with Crippen LogP contribution in [0.2, 0.25) is 0 Å². The Bertz CT molecular complexity index is 2820. The molecule has 0 saturated heterocycles. The average molecular weight is 1540 g/mol. The molecule has 26 heteroatoms. The molecule has 0 aliphatic heterocycles. The van der Waals surface area contributed by atoms with Crippen molar-refractivity contribution in [2.75, 3.05) is 47.1 Å². The summed E-state index contributed by atoms with van der Waals surface area (Å²) in [5, 5.41) is 38.9. The molecule has 2 aromatic rings. The molecule has 0 bridgehead atoms. The molecule has 0 aromatic heterocycles. The first-order valence-corrected chi connectivity index (χ1v) is 38.1. The van der Waals surface area contributed by atoms with Crippen molar-refractivity contribution in [3.05, 3.63) is 71.3 Å². The molecule has 25 nitrogen and oxygen atoms in total. The first-order chi connectivity index (χ1) is 48.2. The van der Waals surface area contributed by atoms with Crippen LogP contribution in [0.25, 0.3) is 0 Å². The molecule has 106 heavy (non-hydrogen) atoms. The van der Waals surface area contributed by atoms with Gasteiger partial charge in [0, 0.05) is 10.8 Å². The molecule has 2 amide bonds. The third kappa shape index (κ3) is 58.3. The van der Waals surface area contributed by atoms with Gasteiger partial charge in [0.05, 0.1) is 52.0 Å². The fraction of sp³-hybridized carbons (Fsp3) is 0.725. The molecule has 2 atom stereocenters. The maximum absolute atomic E-state index is 11.7. The monoisotopic (exact) mass is 1530 g/mol. The van der Waals surface area contributed by atoms with Crippen LogP contribution in [0.5, 0.6) is 0 Å². The fourth-order valence-electron chi connectivity index (χ4n) is 5.14. The summed E-state index contributed by atoms with van der Waals surface area (Å²) in [6, 6.07) is 16.8. The highest BCUT2D eigenvalue weighted by molar-refractivity contribution is 7.87. The molecular formula is C80H147N3O22S. The highest BCUT2D eigenvalue weighted by atomic mass is 32.2. The summed E-state index contributed by atoms with van der Waals surface area (Å²) in [5.41, 5.74) is 4.47. The van der Waals surface area contributed by atoms with Crippen LogP contribution in [0.4, 0.5) is 0 Å². The number of ether oxygens (including phenoxy) is 5. The Kier molecular flexibility index (Phi) is 64.1. The van der Waals surface area contributed by atoms with Crippen LogP contribution >= 0.6 is 0 Å². The van der Waals surface area contributed by atoms with Crippen molar-refractivity contribution in [1.82, 2.24) is 10.6 Å². The molecule has 0 heterocycles. The molecule has 0 radical (unpaired) electrons. The second kappa shape index (κ2) is 59.1. The van der Waals surface area contributed by atoms with Crippen molar-refractivity contribution in [3.8, 4) is 0 Å². The second-order valence-electron chi connectivity index (χ2n) is 30.1. The Morgan fingerprint density at radius 2 is 0.830 bits per heavy atom. The van der Waals surface area contributed by atoms with Gasteiger partial charge in [-0.05, 0) is 204 Å². The van der Waals surface area contributed by atoms with Crippen molar-refractivity contribution in [2.24, 2.45) is 43.6 Å². The number of rotatable bonds is 31. The van der Waals surface area contributed by atoms with Crippen molar-refractivity contribution >= 4 is 69.5 Å². The van der Waals surface area contributed by atoms with Crippen LogP contribution in [-0.2, 0) is 83.6 Å². The lowest BCUT2D eigenvalue weighted by atomic mass is 9.89. The number of nitrogens with one attached hydrogen (secondary N) is 2. The zero-order chi connectivity index (χ0) is 85.5. The lowest BCUT2D eigenvalue weighted by molar-refractivity contribution is -0.159. The first-order valence-electron chi connectivity index (χ1n) is 36.6. The third-order valence-corrected chi connectivity index (χ3v) is 18.6. The molecule has 0 fully saturated rings. The quantitative estimate of drug-likeness (QED) is 0.0114. The number of Topliss-reactive ketones (excluding diaryl/α,β-unsaturated/α-hetero) is 1. The fourth-order valence-corrected chi connectivity index (χ4v) is 5.36. The molecule has 2 unspecified atom stereocenters. The van der Waals surface area contributed by atoms with E-state index in [4.69, 9.17) is 54.4 Å². The number of hydrogen-bond acceptors (Lipinski definition) is 20. The van der Waals surface area contributed by atoms with Gasteiger partial charge in [-0.1, -0.05) is 146 Å². The molecule has 2 aromatic carbocycles. The molecular weight excluding hydrogens is 1390 g/mol. The van der Waals surface area contributed by atoms with Crippen molar-refractivity contribution in [2.45, 2.75) is 295 Å².